The van der Waals surface area contributed by atoms with E-state index in [1.807, 2.05) is 5.32 Å². The van der Waals surface area contributed by atoms with Crippen molar-refractivity contribution < 1.29 is 31.9 Å². The molecular weight excluding hydrogens is 514 g/mol. The number of carbonyl (C=O) groups excluding carboxylic acids is 3. The molecule has 1 N–H and O–H groups in total. The van der Waals surface area contributed by atoms with Gasteiger partial charge in [0.25, 0.3) is 17.5 Å². The van der Waals surface area contributed by atoms with Crippen molar-refractivity contribution in [2.45, 2.75) is 4.90 Å². The summed E-state index contributed by atoms with van der Waals surface area (Å²) in [6.45, 7) is 0. The first kappa shape index (κ1) is 24.6. The minimum atomic E-state index is -4.13. The van der Waals surface area contributed by atoms with Gasteiger partial charge in [0.2, 0.25) is 0 Å². The van der Waals surface area contributed by atoms with Crippen LogP contribution in [-0.2, 0) is 19.7 Å². The number of halogens is 1. The fourth-order valence-corrected chi connectivity index (χ4v) is 4.26. The molecule has 0 radical (unpaired) electrons. The molecule has 1 heterocycles. The number of nitro benzene ring substituents is 1. The zero-order valence-corrected chi connectivity index (χ0v) is 19.5. The van der Waals surface area contributed by atoms with Crippen molar-refractivity contribution in [2.75, 3.05) is 4.90 Å². The summed E-state index contributed by atoms with van der Waals surface area (Å²) in [6, 6.07) is 14.6. The third-order valence-electron chi connectivity index (χ3n) is 4.90. The third-order valence-corrected chi connectivity index (χ3v) is 6.41. The number of non-ortho nitro benzene ring substituents is 1. The van der Waals surface area contributed by atoms with Gasteiger partial charge in [0.1, 0.15) is 16.2 Å². The molecule has 0 unspecified atom stereocenters. The number of nitrogens with one attached hydrogen (secondary N) is 1. The monoisotopic (exact) mass is 527 g/mol. The number of nitrogens with zero attached hydrogens (tertiary/aromatic N) is 2. The van der Waals surface area contributed by atoms with Crippen molar-refractivity contribution in [3.05, 3.63) is 99.1 Å². The van der Waals surface area contributed by atoms with Gasteiger partial charge >= 0.3 is 16.1 Å². The standard InChI is InChI=1S/C23H14ClN3O8S/c24-15-6-10-19(11-7-15)36(33,34)35-18-8-4-14(5-9-18)12-20-21(28)25-23(30)26(22(20)29)16-2-1-3-17(13-16)27(31)32/h1-13H,(H,25,28,30)/b20-12+. The lowest BCUT2D eigenvalue weighted by molar-refractivity contribution is -0.384. The minimum absolute atomic E-state index is 0.0279. The highest BCUT2D eigenvalue weighted by atomic mass is 35.5. The Balaban J connectivity index is 1.58. The highest BCUT2D eigenvalue weighted by Gasteiger charge is 2.37. The largest absolute Gasteiger partial charge is 0.379 e. The maximum Gasteiger partial charge on any atom is 0.339 e. The van der Waals surface area contributed by atoms with Crippen molar-refractivity contribution >= 4 is 57.0 Å². The highest BCUT2D eigenvalue weighted by Crippen LogP contribution is 2.26. The van der Waals surface area contributed by atoms with Crippen molar-refractivity contribution in [2.24, 2.45) is 0 Å². The Kier molecular flexibility index (Phi) is 6.55. The lowest BCUT2D eigenvalue weighted by Gasteiger charge is -2.26. The van der Waals surface area contributed by atoms with Crippen LogP contribution in [0.15, 0.2) is 83.3 Å². The van der Waals surface area contributed by atoms with E-state index in [9.17, 15) is 32.9 Å². The minimum Gasteiger partial charge on any atom is -0.379 e. The van der Waals surface area contributed by atoms with Crippen LogP contribution < -0.4 is 14.4 Å². The molecule has 1 aliphatic heterocycles. The quantitative estimate of drug-likeness (QED) is 0.167. The number of hydrogen-bond acceptors (Lipinski definition) is 8. The fraction of sp³-hybridized carbons (Fsp3) is 0. The number of amides is 4. The Morgan fingerprint density at radius 2 is 1.64 bits per heavy atom. The summed E-state index contributed by atoms with van der Waals surface area (Å²) in [4.78, 5) is 48.5. The first-order valence-corrected chi connectivity index (χ1v) is 11.8. The highest BCUT2D eigenvalue weighted by molar-refractivity contribution is 7.87. The predicted molar refractivity (Wildman–Crippen MR) is 128 cm³/mol. The maximum atomic E-state index is 13.0. The molecule has 0 bridgehead atoms. The van der Waals surface area contributed by atoms with E-state index < -0.39 is 38.5 Å². The van der Waals surface area contributed by atoms with Gasteiger partial charge < -0.3 is 4.18 Å². The summed E-state index contributed by atoms with van der Waals surface area (Å²) in [5.41, 5.74) is -0.539. The summed E-state index contributed by atoms with van der Waals surface area (Å²) in [5, 5.41) is 13.4. The number of barbiturate groups is 1. The second-order valence-corrected chi connectivity index (χ2v) is 9.28. The molecule has 0 saturated carbocycles. The Morgan fingerprint density at radius 3 is 2.28 bits per heavy atom. The van der Waals surface area contributed by atoms with Gasteiger partial charge in [-0.05, 0) is 54.1 Å². The van der Waals surface area contributed by atoms with Crippen LogP contribution in [0.1, 0.15) is 5.56 Å². The topological polar surface area (TPSA) is 153 Å². The molecule has 4 rings (SSSR count). The molecule has 0 atom stereocenters. The van der Waals surface area contributed by atoms with E-state index in [4.69, 9.17) is 15.8 Å². The molecule has 1 saturated heterocycles. The van der Waals surface area contributed by atoms with Gasteiger partial charge in [-0.25, -0.2) is 9.69 Å². The molecule has 0 aliphatic carbocycles. The molecule has 1 fully saturated rings. The number of hydrogen-bond donors (Lipinski definition) is 1. The van der Waals surface area contributed by atoms with Crippen LogP contribution in [0, 0.1) is 10.1 Å². The molecule has 182 valence electrons. The van der Waals surface area contributed by atoms with E-state index in [1.165, 1.54) is 72.8 Å². The summed E-state index contributed by atoms with van der Waals surface area (Å²) in [6.07, 6.45) is 1.19. The molecule has 4 amide bonds. The van der Waals surface area contributed by atoms with Gasteiger partial charge in [-0.3, -0.25) is 25.0 Å². The first-order valence-electron chi connectivity index (χ1n) is 10.0. The van der Waals surface area contributed by atoms with Gasteiger partial charge in [0, 0.05) is 17.2 Å². The molecule has 11 nitrogen and oxygen atoms in total. The van der Waals surface area contributed by atoms with E-state index in [-0.39, 0.29) is 22.0 Å². The van der Waals surface area contributed by atoms with Crippen LogP contribution >= 0.6 is 11.6 Å². The summed E-state index contributed by atoms with van der Waals surface area (Å²) in [5.74, 6) is -1.98. The molecule has 36 heavy (non-hydrogen) atoms. The fourth-order valence-electron chi connectivity index (χ4n) is 3.20. The van der Waals surface area contributed by atoms with E-state index in [0.717, 1.165) is 6.07 Å². The molecule has 1 aliphatic rings. The van der Waals surface area contributed by atoms with Gasteiger partial charge in [-0.2, -0.15) is 8.42 Å². The SMILES string of the molecule is O=C1NC(=O)N(c2cccc([N+](=O)[O-])c2)C(=O)/C1=C/c1ccc(OS(=O)(=O)c2ccc(Cl)cc2)cc1. The van der Waals surface area contributed by atoms with Gasteiger partial charge in [-0.15, -0.1) is 0 Å². The Labute approximate surface area is 208 Å². The van der Waals surface area contributed by atoms with E-state index >= 15 is 0 Å². The van der Waals surface area contributed by atoms with Crippen molar-refractivity contribution in [1.82, 2.24) is 5.32 Å². The van der Waals surface area contributed by atoms with Crippen LogP contribution in [0.4, 0.5) is 16.2 Å². The average Bonchev–Trinajstić information content (AvgIpc) is 2.83. The number of carbonyl (C=O) groups is 3. The van der Waals surface area contributed by atoms with Crippen molar-refractivity contribution in [3.63, 3.8) is 0 Å². The summed E-state index contributed by atoms with van der Waals surface area (Å²) >= 11 is 5.77. The number of nitro groups is 1. The van der Waals surface area contributed by atoms with Crippen LogP contribution in [0.25, 0.3) is 6.08 Å². The second kappa shape index (κ2) is 9.60. The third kappa shape index (κ3) is 5.09. The van der Waals surface area contributed by atoms with Gasteiger partial charge in [0.05, 0.1) is 10.6 Å². The lowest BCUT2D eigenvalue weighted by Crippen LogP contribution is -2.54. The molecule has 0 spiro atoms. The second-order valence-electron chi connectivity index (χ2n) is 7.30. The predicted octanol–water partition coefficient (Wildman–Crippen LogP) is 3.68. The van der Waals surface area contributed by atoms with Gasteiger partial charge in [0.15, 0.2) is 0 Å². The number of urea groups is 1. The van der Waals surface area contributed by atoms with Gasteiger partial charge in [-0.1, -0.05) is 29.8 Å². The van der Waals surface area contributed by atoms with Crippen LogP contribution in [0.3, 0.4) is 0 Å². The molecular formula is C23H14ClN3O8S. The Morgan fingerprint density at radius 1 is 0.972 bits per heavy atom. The van der Waals surface area contributed by atoms with E-state index in [0.29, 0.717) is 15.5 Å². The first-order chi connectivity index (χ1) is 17.0. The lowest BCUT2D eigenvalue weighted by atomic mass is 10.1. The Bertz CT molecular complexity index is 1530. The van der Waals surface area contributed by atoms with Crippen molar-refractivity contribution in [3.8, 4) is 5.75 Å². The van der Waals surface area contributed by atoms with Crippen LogP contribution in [0.5, 0.6) is 5.75 Å². The normalized spacial score (nSPS) is 15.1. The Hall–Kier alpha value is -4.55. The maximum absolute atomic E-state index is 13.0. The number of imide groups is 2. The zero-order valence-electron chi connectivity index (χ0n) is 18.0. The summed E-state index contributed by atoms with van der Waals surface area (Å²) < 4.78 is 29.9. The molecule has 0 aromatic heterocycles. The number of rotatable bonds is 6. The molecule has 3 aromatic rings. The van der Waals surface area contributed by atoms with E-state index in [2.05, 4.69) is 0 Å². The molecule has 13 heteroatoms. The number of benzene rings is 3. The van der Waals surface area contributed by atoms with Crippen LogP contribution in [-0.4, -0.2) is 31.2 Å². The zero-order chi connectivity index (χ0) is 26.0. The van der Waals surface area contributed by atoms with Crippen molar-refractivity contribution in [1.29, 1.82) is 0 Å². The molecule has 3 aromatic carbocycles. The summed E-state index contributed by atoms with van der Waals surface area (Å²) in [7, 11) is -4.13. The van der Waals surface area contributed by atoms with E-state index in [1.54, 1.807) is 0 Å². The average molecular weight is 528 g/mol. The van der Waals surface area contributed by atoms with Crippen LogP contribution in [0.2, 0.25) is 5.02 Å². The number of anilines is 1. The smallest absolute Gasteiger partial charge is 0.339 e.